The Balaban J connectivity index is 2.36. The summed E-state index contributed by atoms with van der Waals surface area (Å²) in [7, 11) is -3.34. The molecule has 1 aromatic carbocycles. The number of carbonyl (C=O) groups is 1. The molecule has 0 radical (unpaired) electrons. The minimum Gasteiger partial charge on any atom is -0.298 e. The molecule has 0 spiro atoms. The normalized spacial score (nSPS) is 17.4. The summed E-state index contributed by atoms with van der Waals surface area (Å²) in [6.07, 6.45) is 8.50. The van der Waals surface area contributed by atoms with E-state index in [1.54, 1.807) is 12.1 Å². The molecule has 5 heteroatoms. The number of carbonyl (C=O) groups excluding carboxylic acids is 1. The first-order valence-corrected chi connectivity index (χ1v) is 8.85. The van der Waals surface area contributed by atoms with Crippen molar-refractivity contribution < 1.29 is 13.2 Å². The molecule has 20 heavy (non-hydrogen) atoms. The maximum absolute atomic E-state index is 11.5. The molecule has 1 fully saturated rings. The van der Waals surface area contributed by atoms with E-state index < -0.39 is 9.84 Å². The van der Waals surface area contributed by atoms with Gasteiger partial charge in [-0.1, -0.05) is 36.6 Å². The Labute approximate surface area is 124 Å². The zero-order chi connectivity index (χ0) is 14.8. The fourth-order valence-electron chi connectivity index (χ4n) is 2.56. The molecule has 0 N–H and O–H groups in total. The van der Waals surface area contributed by atoms with Crippen molar-refractivity contribution in [1.29, 1.82) is 0 Å². The summed E-state index contributed by atoms with van der Waals surface area (Å²) < 4.78 is 23.0. The average molecular weight is 313 g/mol. The molecule has 0 aromatic heterocycles. The van der Waals surface area contributed by atoms with Crippen LogP contribution in [0.1, 0.15) is 31.2 Å². The first-order chi connectivity index (χ1) is 9.41. The van der Waals surface area contributed by atoms with Gasteiger partial charge in [0.2, 0.25) is 0 Å². The molecule has 1 aliphatic carbocycles. The molecular formula is C15H17ClO3S. The molecule has 0 unspecified atom stereocenters. The van der Waals surface area contributed by atoms with E-state index in [1.807, 2.05) is 6.08 Å². The number of hydrogen-bond donors (Lipinski definition) is 0. The van der Waals surface area contributed by atoms with E-state index in [1.165, 1.54) is 18.9 Å². The standard InChI is InChI=1S/C15H17ClO3S/c1-20(18,19)15-7-6-12(9-14(15)16)13(10-17)8-11-4-2-3-5-11/h6-11H,2-5H2,1H3/b13-8-. The molecule has 1 aliphatic rings. The van der Waals surface area contributed by atoms with Gasteiger partial charge in [-0.2, -0.15) is 0 Å². The van der Waals surface area contributed by atoms with Crippen molar-refractivity contribution in [1.82, 2.24) is 0 Å². The Hall–Kier alpha value is -1.13. The van der Waals surface area contributed by atoms with Crippen LogP contribution in [0, 0.1) is 5.92 Å². The number of halogens is 1. The number of hydrogen-bond acceptors (Lipinski definition) is 3. The topological polar surface area (TPSA) is 51.2 Å². The van der Waals surface area contributed by atoms with Crippen molar-refractivity contribution in [2.45, 2.75) is 30.6 Å². The van der Waals surface area contributed by atoms with E-state index in [2.05, 4.69) is 0 Å². The van der Waals surface area contributed by atoms with Crippen molar-refractivity contribution in [2.75, 3.05) is 6.26 Å². The molecule has 0 bridgehead atoms. The third-order valence-electron chi connectivity index (χ3n) is 3.61. The van der Waals surface area contributed by atoms with Crippen molar-refractivity contribution in [3.05, 3.63) is 34.9 Å². The number of allylic oxidation sites excluding steroid dienone is 2. The Kier molecular flexibility index (Phi) is 4.66. The maximum atomic E-state index is 11.5. The highest BCUT2D eigenvalue weighted by molar-refractivity contribution is 7.90. The van der Waals surface area contributed by atoms with Gasteiger partial charge in [-0.05, 0) is 36.5 Å². The Morgan fingerprint density at radius 2 is 1.95 bits per heavy atom. The largest absolute Gasteiger partial charge is 0.298 e. The van der Waals surface area contributed by atoms with Gasteiger partial charge in [-0.3, -0.25) is 4.79 Å². The van der Waals surface area contributed by atoms with Crippen LogP contribution in [0.5, 0.6) is 0 Å². The molecule has 0 heterocycles. The van der Waals surface area contributed by atoms with Gasteiger partial charge in [0.1, 0.15) is 6.29 Å². The molecule has 1 aromatic rings. The van der Waals surface area contributed by atoms with Crippen LogP contribution >= 0.6 is 11.6 Å². The van der Waals surface area contributed by atoms with Crippen LogP contribution in [0.3, 0.4) is 0 Å². The summed E-state index contributed by atoms with van der Waals surface area (Å²) >= 11 is 6.01. The van der Waals surface area contributed by atoms with E-state index in [0.717, 1.165) is 25.4 Å². The molecule has 108 valence electrons. The van der Waals surface area contributed by atoms with E-state index >= 15 is 0 Å². The Bertz CT molecular complexity index is 641. The van der Waals surface area contributed by atoms with Gasteiger partial charge in [0, 0.05) is 11.8 Å². The zero-order valence-corrected chi connectivity index (χ0v) is 12.9. The second-order valence-electron chi connectivity index (χ2n) is 5.20. The summed E-state index contributed by atoms with van der Waals surface area (Å²) in [5, 5.41) is 0.157. The second-order valence-corrected chi connectivity index (χ2v) is 7.59. The van der Waals surface area contributed by atoms with E-state index in [9.17, 15) is 13.2 Å². The van der Waals surface area contributed by atoms with Gasteiger partial charge in [0.05, 0.1) is 9.92 Å². The van der Waals surface area contributed by atoms with Crippen LogP contribution in [0.25, 0.3) is 5.57 Å². The number of aldehydes is 1. The molecule has 3 nitrogen and oxygen atoms in total. The van der Waals surface area contributed by atoms with Crippen LogP contribution in [-0.4, -0.2) is 21.0 Å². The van der Waals surface area contributed by atoms with Crippen molar-refractivity contribution >= 4 is 33.3 Å². The fraction of sp³-hybridized carbons (Fsp3) is 0.400. The highest BCUT2D eigenvalue weighted by Gasteiger charge is 2.16. The van der Waals surface area contributed by atoms with Gasteiger partial charge in [-0.25, -0.2) is 8.42 Å². The Morgan fingerprint density at radius 3 is 2.45 bits per heavy atom. The minimum absolute atomic E-state index is 0.0917. The van der Waals surface area contributed by atoms with Gasteiger partial charge in [0.25, 0.3) is 0 Å². The summed E-state index contributed by atoms with van der Waals surface area (Å²) in [5.74, 6) is 0.434. The van der Waals surface area contributed by atoms with Gasteiger partial charge in [-0.15, -0.1) is 0 Å². The molecule has 2 rings (SSSR count). The first-order valence-electron chi connectivity index (χ1n) is 6.59. The van der Waals surface area contributed by atoms with Gasteiger partial charge in [0.15, 0.2) is 9.84 Å². The molecule has 1 saturated carbocycles. The summed E-state index contributed by atoms with van der Waals surface area (Å²) in [6, 6.07) is 4.64. The molecule has 0 aliphatic heterocycles. The predicted molar refractivity (Wildman–Crippen MR) is 80.6 cm³/mol. The fourth-order valence-corrected chi connectivity index (χ4v) is 3.89. The predicted octanol–water partition coefficient (Wildman–Crippen LogP) is 3.52. The summed E-state index contributed by atoms with van der Waals surface area (Å²) in [4.78, 5) is 11.3. The molecule has 0 atom stereocenters. The summed E-state index contributed by atoms with van der Waals surface area (Å²) in [5.41, 5.74) is 1.25. The number of benzene rings is 1. The van der Waals surface area contributed by atoms with Crippen LogP contribution < -0.4 is 0 Å². The summed E-state index contributed by atoms with van der Waals surface area (Å²) in [6.45, 7) is 0. The quantitative estimate of drug-likeness (QED) is 0.631. The highest BCUT2D eigenvalue weighted by Crippen LogP contribution is 2.30. The van der Waals surface area contributed by atoms with Crippen molar-refractivity contribution in [3.63, 3.8) is 0 Å². The second kappa shape index (κ2) is 6.10. The number of sulfone groups is 1. The van der Waals surface area contributed by atoms with Crippen LogP contribution in [0.2, 0.25) is 5.02 Å². The average Bonchev–Trinajstić information content (AvgIpc) is 2.87. The van der Waals surface area contributed by atoms with Gasteiger partial charge >= 0.3 is 0 Å². The third-order valence-corrected chi connectivity index (χ3v) is 5.19. The van der Waals surface area contributed by atoms with Crippen LogP contribution in [-0.2, 0) is 14.6 Å². The Morgan fingerprint density at radius 1 is 1.30 bits per heavy atom. The van der Waals surface area contributed by atoms with Gasteiger partial charge < -0.3 is 0 Å². The van der Waals surface area contributed by atoms with Crippen molar-refractivity contribution in [2.24, 2.45) is 5.92 Å². The molecule has 0 amide bonds. The van der Waals surface area contributed by atoms with Crippen LogP contribution in [0.4, 0.5) is 0 Å². The van der Waals surface area contributed by atoms with Crippen LogP contribution in [0.15, 0.2) is 29.2 Å². The lowest BCUT2D eigenvalue weighted by atomic mass is 10.00. The zero-order valence-electron chi connectivity index (χ0n) is 11.3. The molecular weight excluding hydrogens is 296 g/mol. The lowest BCUT2D eigenvalue weighted by Gasteiger charge is -2.08. The van der Waals surface area contributed by atoms with E-state index in [4.69, 9.17) is 11.6 Å². The lowest BCUT2D eigenvalue weighted by molar-refractivity contribution is -0.103. The molecule has 0 saturated heterocycles. The number of rotatable bonds is 4. The van der Waals surface area contributed by atoms with E-state index in [-0.39, 0.29) is 9.92 Å². The third kappa shape index (κ3) is 3.49. The maximum Gasteiger partial charge on any atom is 0.176 e. The smallest absolute Gasteiger partial charge is 0.176 e. The SMILES string of the molecule is CS(=O)(=O)c1ccc(/C(C=O)=C\C2CCCC2)cc1Cl. The minimum atomic E-state index is -3.34. The highest BCUT2D eigenvalue weighted by atomic mass is 35.5. The van der Waals surface area contributed by atoms with Crippen molar-refractivity contribution in [3.8, 4) is 0 Å². The first kappa shape index (κ1) is 15.3. The lowest BCUT2D eigenvalue weighted by Crippen LogP contribution is -1.99. The van der Waals surface area contributed by atoms with E-state index in [0.29, 0.717) is 17.1 Å². The monoisotopic (exact) mass is 312 g/mol.